The molecule has 19 heavy (non-hydrogen) atoms. The molecular formula is C10H8Cl2F3NO2S. The van der Waals surface area contributed by atoms with Gasteiger partial charge in [0.15, 0.2) is 0 Å². The van der Waals surface area contributed by atoms with E-state index in [1.807, 2.05) is 5.32 Å². The van der Waals surface area contributed by atoms with E-state index in [4.69, 9.17) is 28.3 Å². The van der Waals surface area contributed by atoms with Gasteiger partial charge >= 0.3 is 6.18 Å². The number of alkyl halides is 3. The predicted molar refractivity (Wildman–Crippen MR) is 69.0 cm³/mol. The third-order valence-corrected chi connectivity index (χ3v) is 3.69. The summed E-state index contributed by atoms with van der Waals surface area (Å²) in [5.74, 6) is -1.66. The molecule has 0 saturated heterocycles. The van der Waals surface area contributed by atoms with Crippen LogP contribution in [0.25, 0.3) is 0 Å². The summed E-state index contributed by atoms with van der Waals surface area (Å²) in [4.78, 5) is 11.7. The molecule has 0 radical (unpaired) electrons. The smallest absolute Gasteiger partial charge is 0.373 e. The summed E-state index contributed by atoms with van der Waals surface area (Å²) >= 11 is 15.4. The number of carbonyl (C=O) groups is 1. The van der Waals surface area contributed by atoms with Crippen LogP contribution < -0.4 is 5.32 Å². The highest BCUT2D eigenvalue weighted by Crippen LogP contribution is 2.36. The van der Waals surface area contributed by atoms with E-state index in [2.05, 4.69) is 12.6 Å². The number of amides is 1. The predicted octanol–water partition coefficient (Wildman–Crippen LogP) is 3.53. The SMILES string of the molecule is C[C@@](O)(C(=O)Nc1ccc(S)c(Cl)c1Cl)C(F)(F)F. The van der Waals surface area contributed by atoms with Crippen LogP contribution in [0.15, 0.2) is 17.0 Å². The average molecular weight is 334 g/mol. The summed E-state index contributed by atoms with van der Waals surface area (Å²) in [6.07, 6.45) is -5.11. The maximum absolute atomic E-state index is 12.4. The van der Waals surface area contributed by atoms with Gasteiger partial charge in [0, 0.05) is 4.90 Å². The van der Waals surface area contributed by atoms with Gasteiger partial charge in [-0.2, -0.15) is 13.2 Å². The first-order chi connectivity index (χ1) is 8.48. The molecule has 0 bridgehead atoms. The molecule has 0 spiro atoms. The van der Waals surface area contributed by atoms with Crippen molar-refractivity contribution in [1.29, 1.82) is 0 Å². The first kappa shape index (κ1) is 16.4. The van der Waals surface area contributed by atoms with E-state index in [9.17, 15) is 18.0 Å². The molecule has 0 heterocycles. The van der Waals surface area contributed by atoms with E-state index in [-0.39, 0.29) is 15.7 Å². The van der Waals surface area contributed by atoms with Gasteiger partial charge in [0.05, 0.1) is 15.7 Å². The minimum atomic E-state index is -5.11. The quantitative estimate of drug-likeness (QED) is 0.725. The van der Waals surface area contributed by atoms with Crippen molar-refractivity contribution >= 4 is 47.4 Å². The lowest BCUT2D eigenvalue weighted by Gasteiger charge is -2.25. The van der Waals surface area contributed by atoms with Gasteiger partial charge in [-0.05, 0) is 19.1 Å². The van der Waals surface area contributed by atoms with Crippen molar-refractivity contribution in [3.8, 4) is 0 Å². The molecule has 0 unspecified atom stereocenters. The Labute approximate surface area is 122 Å². The molecule has 1 atom stereocenters. The Hall–Kier alpha value is -0.630. The van der Waals surface area contributed by atoms with Crippen LogP contribution in [0.3, 0.4) is 0 Å². The molecular weight excluding hydrogens is 326 g/mol. The minimum Gasteiger partial charge on any atom is -0.373 e. The standard InChI is InChI=1S/C10H8Cl2F3NO2S/c1-9(18,10(13,14)15)8(17)16-4-2-3-5(19)7(12)6(4)11/h2-3,18-19H,1H3,(H,16,17)/t9-/m1/s1. The van der Waals surface area contributed by atoms with Crippen molar-refractivity contribution in [1.82, 2.24) is 0 Å². The average Bonchev–Trinajstić information content (AvgIpc) is 2.28. The third kappa shape index (κ3) is 3.28. The van der Waals surface area contributed by atoms with Gasteiger partial charge in [-0.15, -0.1) is 12.6 Å². The summed E-state index contributed by atoms with van der Waals surface area (Å²) in [7, 11) is 0. The number of thiol groups is 1. The molecule has 0 aliphatic carbocycles. The Kier molecular flexibility index (Phi) is 4.66. The molecule has 9 heteroatoms. The van der Waals surface area contributed by atoms with Gasteiger partial charge in [-0.25, -0.2) is 0 Å². The van der Waals surface area contributed by atoms with Gasteiger partial charge in [0.25, 0.3) is 5.91 Å². The van der Waals surface area contributed by atoms with Gasteiger partial charge in [-0.3, -0.25) is 4.79 Å². The number of nitrogens with one attached hydrogen (secondary N) is 1. The van der Waals surface area contributed by atoms with Crippen LogP contribution in [0.4, 0.5) is 18.9 Å². The molecule has 1 rings (SSSR count). The van der Waals surface area contributed by atoms with Crippen LogP contribution in [-0.2, 0) is 4.79 Å². The summed E-state index contributed by atoms with van der Waals surface area (Å²) in [5.41, 5.74) is -3.69. The molecule has 1 aromatic rings. The van der Waals surface area contributed by atoms with Gasteiger partial charge in [-0.1, -0.05) is 23.2 Å². The van der Waals surface area contributed by atoms with Gasteiger partial charge in [0.2, 0.25) is 5.60 Å². The third-order valence-electron chi connectivity index (χ3n) is 2.30. The number of hydrogen-bond donors (Lipinski definition) is 3. The second-order valence-corrected chi connectivity index (χ2v) is 5.02. The number of halogens is 5. The van der Waals surface area contributed by atoms with Gasteiger partial charge in [0.1, 0.15) is 0 Å². The zero-order chi connectivity index (χ0) is 15.0. The fraction of sp³-hybridized carbons (Fsp3) is 0.300. The Morgan fingerprint density at radius 1 is 1.32 bits per heavy atom. The second kappa shape index (κ2) is 5.40. The number of hydrogen-bond acceptors (Lipinski definition) is 3. The zero-order valence-electron chi connectivity index (χ0n) is 9.35. The number of aliphatic hydroxyl groups is 1. The molecule has 0 aliphatic heterocycles. The Balaban J connectivity index is 3.05. The van der Waals surface area contributed by atoms with Crippen molar-refractivity contribution in [2.24, 2.45) is 0 Å². The highest BCUT2D eigenvalue weighted by Gasteiger charge is 2.55. The van der Waals surface area contributed by atoms with Crippen molar-refractivity contribution in [2.45, 2.75) is 23.6 Å². The van der Waals surface area contributed by atoms with Crippen LogP contribution >= 0.6 is 35.8 Å². The monoisotopic (exact) mass is 333 g/mol. The fourth-order valence-electron chi connectivity index (χ4n) is 1.01. The first-order valence-corrected chi connectivity index (χ1v) is 5.96. The molecule has 3 nitrogen and oxygen atoms in total. The maximum atomic E-state index is 12.4. The van der Waals surface area contributed by atoms with E-state index in [1.54, 1.807) is 0 Å². The molecule has 0 fully saturated rings. The van der Waals surface area contributed by atoms with E-state index in [0.717, 1.165) is 0 Å². The fourth-order valence-corrected chi connectivity index (χ4v) is 1.64. The molecule has 2 N–H and O–H groups in total. The van der Waals surface area contributed by atoms with E-state index < -0.39 is 17.7 Å². The second-order valence-electron chi connectivity index (χ2n) is 3.78. The Bertz CT molecular complexity index is 520. The van der Waals surface area contributed by atoms with Crippen LogP contribution in [0, 0.1) is 0 Å². The molecule has 1 amide bonds. The van der Waals surface area contributed by atoms with Crippen LogP contribution in [0.1, 0.15) is 6.92 Å². The minimum absolute atomic E-state index is 0.0190. The lowest BCUT2D eigenvalue weighted by Crippen LogP contribution is -2.52. The van der Waals surface area contributed by atoms with Crippen molar-refractivity contribution < 1.29 is 23.1 Å². The highest BCUT2D eigenvalue weighted by atomic mass is 35.5. The number of anilines is 1. The summed E-state index contributed by atoms with van der Waals surface area (Å²) < 4.78 is 37.3. The topological polar surface area (TPSA) is 49.3 Å². The van der Waals surface area contributed by atoms with Crippen molar-refractivity contribution in [3.63, 3.8) is 0 Å². The van der Waals surface area contributed by atoms with Crippen molar-refractivity contribution in [3.05, 3.63) is 22.2 Å². The number of rotatable bonds is 2. The van der Waals surface area contributed by atoms with E-state index >= 15 is 0 Å². The molecule has 0 aromatic heterocycles. The van der Waals surface area contributed by atoms with E-state index in [1.165, 1.54) is 12.1 Å². The van der Waals surface area contributed by atoms with Crippen LogP contribution in [-0.4, -0.2) is 22.8 Å². The Morgan fingerprint density at radius 3 is 2.32 bits per heavy atom. The van der Waals surface area contributed by atoms with Crippen LogP contribution in [0.2, 0.25) is 10.0 Å². The van der Waals surface area contributed by atoms with E-state index in [0.29, 0.717) is 11.8 Å². The number of benzene rings is 1. The normalized spacial score (nSPS) is 14.9. The van der Waals surface area contributed by atoms with Gasteiger partial charge < -0.3 is 10.4 Å². The molecule has 0 aliphatic rings. The lowest BCUT2D eigenvalue weighted by atomic mass is 10.1. The summed E-state index contributed by atoms with van der Waals surface area (Å²) in [5, 5.41) is 10.8. The van der Waals surface area contributed by atoms with Crippen molar-refractivity contribution in [2.75, 3.05) is 5.32 Å². The first-order valence-electron chi connectivity index (χ1n) is 4.76. The molecule has 0 saturated carbocycles. The maximum Gasteiger partial charge on any atom is 0.426 e. The van der Waals surface area contributed by atoms with Crippen LogP contribution in [0.5, 0.6) is 0 Å². The molecule has 106 valence electrons. The molecule has 1 aromatic carbocycles. The zero-order valence-corrected chi connectivity index (χ0v) is 11.8. The summed E-state index contributed by atoms with van der Waals surface area (Å²) in [6, 6.07) is 2.57. The largest absolute Gasteiger partial charge is 0.426 e. The summed E-state index contributed by atoms with van der Waals surface area (Å²) in [6.45, 7) is 0.338. The lowest BCUT2D eigenvalue weighted by molar-refractivity contribution is -0.242. The highest BCUT2D eigenvalue weighted by molar-refractivity contribution is 7.80. The number of carbonyl (C=O) groups excluding carboxylic acids is 1. The Morgan fingerprint density at radius 2 is 1.84 bits per heavy atom.